The first kappa shape index (κ1) is 12.7. The Bertz CT molecular complexity index is 187. The van der Waals surface area contributed by atoms with Crippen LogP contribution in [-0.2, 0) is 4.74 Å². The molecule has 0 spiro atoms. The fraction of sp³-hybridized carbons (Fsp3) is 1.00. The van der Waals surface area contributed by atoms with Crippen LogP contribution in [0.1, 0.15) is 19.3 Å². The fourth-order valence-electron chi connectivity index (χ4n) is 1.84. The largest absolute Gasteiger partial charge is 0.522 e. The minimum atomic E-state index is -4.55. The highest BCUT2D eigenvalue weighted by atomic mass is 19.4. The number of halogens is 3. The van der Waals surface area contributed by atoms with Gasteiger partial charge in [-0.05, 0) is 19.4 Å². The molecule has 1 aliphatic heterocycles. The van der Waals surface area contributed by atoms with Crippen LogP contribution in [0.15, 0.2) is 0 Å². The van der Waals surface area contributed by atoms with Crippen LogP contribution in [0, 0.1) is 0 Å². The third kappa shape index (κ3) is 4.81. The molecule has 0 bridgehead atoms. The summed E-state index contributed by atoms with van der Waals surface area (Å²) in [5.41, 5.74) is 0. The molecule has 0 aromatic rings. The van der Waals surface area contributed by atoms with E-state index < -0.39 is 6.36 Å². The van der Waals surface area contributed by atoms with Crippen molar-refractivity contribution in [2.45, 2.75) is 31.7 Å². The normalized spacial score (nSPS) is 24.4. The zero-order chi connectivity index (χ0) is 11.3. The monoisotopic (exact) mass is 227 g/mol. The predicted octanol–water partition coefficient (Wildman–Crippen LogP) is 1.37. The maximum absolute atomic E-state index is 11.7. The number of likely N-dealkylation sites (tertiary alicyclic amines) is 1. The number of hydrogen-bond acceptors (Lipinski definition) is 3. The van der Waals surface area contributed by atoms with Gasteiger partial charge in [-0.2, -0.15) is 0 Å². The SMILES string of the molecule is OCC1CCCCN1CCOC(F)(F)F. The van der Waals surface area contributed by atoms with Crippen molar-refractivity contribution in [1.82, 2.24) is 4.90 Å². The zero-order valence-corrected chi connectivity index (χ0v) is 8.46. The summed E-state index contributed by atoms with van der Waals surface area (Å²) in [7, 11) is 0. The van der Waals surface area contributed by atoms with Gasteiger partial charge >= 0.3 is 6.36 Å². The molecule has 0 saturated carbocycles. The Morgan fingerprint density at radius 2 is 2.07 bits per heavy atom. The van der Waals surface area contributed by atoms with E-state index in [0.717, 1.165) is 25.8 Å². The van der Waals surface area contributed by atoms with Gasteiger partial charge < -0.3 is 5.11 Å². The molecule has 1 rings (SSSR count). The zero-order valence-electron chi connectivity index (χ0n) is 8.46. The Morgan fingerprint density at radius 1 is 1.33 bits per heavy atom. The van der Waals surface area contributed by atoms with Gasteiger partial charge in [0, 0.05) is 12.6 Å². The van der Waals surface area contributed by atoms with E-state index in [0.29, 0.717) is 0 Å². The molecule has 1 heterocycles. The van der Waals surface area contributed by atoms with Crippen molar-refractivity contribution in [2.24, 2.45) is 0 Å². The Labute approximate surface area is 86.8 Å². The second-order valence-corrected chi connectivity index (χ2v) is 3.66. The topological polar surface area (TPSA) is 32.7 Å². The molecule has 1 fully saturated rings. The molecule has 1 N–H and O–H groups in total. The summed E-state index contributed by atoms with van der Waals surface area (Å²) in [4.78, 5) is 1.86. The number of rotatable bonds is 4. The van der Waals surface area contributed by atoms with Gasteiger partial charge in [0.2, 0.25) is 0 Å². The third-order valence-corrected chi connectivity index (χ3v) is 2.60. The van der Waals surface area contributed by atoms with Crippen molar-refractivity contribution in [2.75, 3.05) is 26.3 Å². The highest BCUT2D eigenvalue weighted by Crippen LogP contribution is 2.18. The van der Waals surface area contributed by atoms with E-state index in [1.165, 1.54) is 0 Å². The quantitative estimate of drug-likeness (QED) is 0.787. The van der Waals surface area contributed by atoms with E-state index in [-0.39, 0.29) is 25.8 Å². The Kier molecular flexibility index (Phi) is 4.82. The summed E-state index contributed by atoms with van der Waals surface area (Å²) in [6.45, 7) is 0.614. The fourth-order valence-corrected chi connectivity index (χ4v) is 1.84. The van der Waals surface area contributed by atoms with Crippen molar-refractivity contribution in [3.63, 3.8) is 0 Å². The maximum atomic E-state index is 11.7. The molecule has 6 heteroatoms. The molecule has 0 aromatic heterocycles. The first-order valence-electron chi connectivity index (χ1n) is 5.08. The highest BCUT2D eigenvalue weighted by molar-refractivity contribution is 4.75. The number of hydrogen-bond donors (Lipinski definition) is 1. The van der Waals surface area contributed by atoms with Crippen molar-refractivity contribution in [3.05, 3.63) is 0 Å². The van der Waals surface area contributed by atoms with Gasteiger partial charge in [0.15, 0.2) is 0 Å². The highest BCUT2D eigenvalue weighted by Gasteiger charge is 2.29. The van der Waals surface area contributed by atoms with Crippen LogP contribution < -0.4 is 0 Å². The lowest BCUT2D eigenvalue weighted by Gasteiger charge is -2.34. The van der Waals surface area contributed by atoms with E-state index in [2.05, 4.69) is 4.74 Å². The molecule has 1 saturated heterocycles. The van der Waals surface area contributed by atoms with Crippen molar-refractivity contribution in [1.29, 1.82) is 0 Å². The summed E-state index contributed by atoms with van der Waals surface area (Å²) in [5, 5.41) is 9.02. The summed E-state index contributed by atoms with van der Waals surface area (Å²) < 4.78 is 38.8. The molecule has 1 unspecified atom stereocenters. The Hall–Kier alpha value is -0.330. The maximum Gasteiger partial charge on any atom is 0.522 e. The number of nitrogens with zero attached hydrogens (tertiary/aromatic N) is 1. The van der Waals surface area contributed by atoms with Crippen LogP contribution in [0.25, 0.3) is 0 Å². The molecular formula is C9H16F3NO2. The van der Waals surface area contributed by atoms with Crippen molar-refractivity contribution >= 4 is 0 Å². The van der Waals surface area contributed by atoms with E-state index in [1.807, 2.05) is 4.90 Å². The van der Waals surface area contributed by atoms with Gasteiger partial charge in [0.05, 0.1) is 13.2 Å². The van der Waals surface area contributed by atoms with Gasteiger partial charge in [-0.25, -0.2) is 0 Å². The first-order valence-corrected chi connectivity index (χ1v) is 5.08. The van der Waals surface area contributed by atoms with Crippen LogP contribution in [0.5, 0.6) is 0 Å². The first-order chi connectivity index (χ1) is 7.03. The molecule has 1 aliphatic rings. The number of ether oxygens (including phenoxy) is 1. The second kappa shape index (κ2) is 5.67. The molecule has 3 nitrogen and oxygen atoms in total. The van der Waals surface area contributed by atoms with Gasteiger partial charge in [-0.1, -0.05) is 6.42 Å². The lowest BCUT2D eigenvalue weighted by Crippen LogP contribution is -2.43. The van der Waals surface area contributed by atoms with Crippen LogP contribution in [0.2, 0.25) is 0 Å². The average molecular weight is 227 g/mol. The Morgan fingerprint density at radius 3 is 2.67 bits per heavy atom. The molecule has 0 aromatic carbocycles. The molecule has 0 aliphatic carbocycles. The minimum absolute atomic E-state index is 0.00409. The lowest BCUT2D eigenvalue weighted by atomic mass is 10.0. The third-order valence-electron chi connectivity index (χ3n) is 2.60. The molecular weight excluding hydrogens is 211 g/mol. The van der Waals surface area contributed by atoms with Crippen LogP contribution >= 0.6 is 0 Å². The molecule has 1 atom stereocenters. The molecule has 0 amide bonds. The summed E-state index contributed by atoms with van der Waals surface area (Å²) in [6, 6.07) is -0.00409. The van der Waals surface area contributed by atoms with Crippen LogP contribution in [-0.4, -0.2) is 48.7 Å². The number of piperidine rings is 1. The molecule has 15 heavy (non-hydrogen) atoms. The van der Waals surface area contributed by atoms with Gasteiger partial charge in [-0.3, -0.25) is 9.64 Å². The van der Waals surface area contributed by atoms with Crippen LogP contribution in [0.3, 0.4) is 0 Å². The number of aliphatic hydroxyl groups excluding tert-OH is 1. The smallest absolute Gasteiger partial charge is 0.395 e. The van der Waals surface area contributed by atoms with E-state index in [1.54, 1.807) is 0 Å². The Balaban J connectivity index is 2.23. The van der Waals surface area contributed by atoms with Crippen LogP contribution in [0.4, 0.5) is 13.2 Å². The number of aliphatic hydroxyl groups is 1. The van der Waals surface area contributed by atoms with Gasteiger partial charge in [0.25, 0.3) is 0 Å². The number of alkyl halides is 3. The summed E-state index contributed by atoms with van der Waals surface area (Å²) >= 11 is 0. The van der Waals surface area contributed by atoms with E-state index in [4.69, 9.17) is 5.11 Å². The summed E-state index contributed by atoms with van der Waals surface area (Å²) in [6.07, 6.45) is -1.70. The summed E-state index contributed by atoms with van der Waals surface area (Å²) in [5.74, 6) is 0. The van der Waals surface area contributed by atoms with E-state index >= 15 is 0 Å². The predicted molar refractivity (Wildman–Crippen MR) is 48.3 cm³/mol. The minimum Gasteiger partial charge on any atom is -0.395 e. The van der Waals surface area contributed by atoms with E-state index in [9.17, 15) is 13.2 Å². The van der Waals surface area contributed by atoms with Gasteiger partial charge in [0.1, 0.15) is 0 Å². The van der Waals surface area contributed by atoms with Crippen molar-refractivity contribution in [3.8, 4) is 0 Å². The van der Waals surface area contributed by atoms with Crippen molar-refractivity contribution < 1.29 is 23.0 Å². The second-order valence-electron chi connectivity index (χ2n) is 3.66. The average Bonchev–Trinajstić information content (AvgIpc) is 2.16. The van der Waals surface area contributed by atoms with Gasteiger partial charge in [-0.15, -0.1) is 13.2 Å². The lowest BCUT2D eigenvalue weighted by molar-refractivity contribution is -0.325. The standard InChI is InChI=1S/C9H16F3NO2/c10-9(11,12)15-6-5-13-4-2-1-3-8(13)7-14/h8,14H,1-7H2. The molecule has 0 radical (unpaired) electrons. The molecule has 90 valence electrons.